The first-order chi connectivity index (χ1) is 16.9. The molecule has 1 N–H and O–H groups in total. The van der Waals surface area contributed by atoms with Crippen LogP contribution in [0.2, 0.25) is 0 Å². The second kappa shape index (κ2) is 9.45. The number of ether oxygens (including phenoxy) is 1. The van der Waals surface area contributed by atoms with Crippen molar-refractivity contribution in [3.63, 3.8) is 0 Å². The third kappa shape index (κ3) is 5.01. The minimum Gasteiger partial charge on any atom is -0.486 e. The fourth-order valence-corrected chi connectivity index (χ4v) is 5.52. The number of fused-ring (bicyclic) bond motifs is 1. The molecule has 0 saturated heterocycles. The van der Waals surface area contributed by atoms with E-state index in [9.17, 15) is 30.8 Å². The Morgan fingerprint density at radius 3 is 2.53 bits per heavy atom. The quantitative estimate of drug-likeness (QED) is 0.423. The maximum atomic E-state index is 14.8. The van der Waals surface area contributed by atoms with Crippen molar-refractivity contribution in [1.29, 1.82) is 0 Å². The van der Waals surface area contributed by atoms with Crippen LogP contribution in [0, 0.1) is 12.7 Å². The van der Waals surface area contributed by atoms with Gasteiger partial charge < -0.3 is 9.84 Å². The van der Waals surface area contributed by atoms with Gasteiger partial charge in [-0.1, -0.05) is 30.3 Å². The molecule has 1 heterocycles. The zero-order chi connectivity index (χ0) is 26.3. The summed E-state index contributed by atoms with van der Waals surface area (Å²) in [7, 11) is -4.53. The molecular weight excluding hydrogens is 502 g/mol. The van der Waals surface area contributed by atoms with Gasteiger partial charge in [-0.25, -0.2) is 12.8 Å². The van der Waals surface area contributed by atoms with E-state index in [0.717, 1.165) is 22.5 Å². The van der Waals surface area contributed by atoms with Crippen LogP contribution >= 0.6 is 0 Å². The highest BCUT2D eigenvalue weighted by Crippen LogP contribution is 2.41. The van der Waals surface area contributed by atoms with Crippen LogP contribution in [0.15, 0.2) is 65.6 Å². The van der Waals surface area contributed by atoms with Crippen molar-refractivity contribution in [1.82, 2.24) is 0 Å². The summed E-state index contributed by atoms with van der Waals surface area (Å²) in [6.45, 7) is 1.25. The SMILES string of the molecule is Cc1cccc(-c2ccc3c(c2)N(S(=O)(=O)c2cccc(C(F)(F)F)c2)C[C@H](CCC(=O)O)O3)c1F. The molecule has 11 heteroatoms. The van der Waals surface area contributed by atoms with Crippen molar-refractivity contribution in [3.8, 4) is 16.9 Å². The van der Waals surface area contributed by atoms with Crippen molar-refractivity contribution in [2.75, 3.05) is 10.8 Å². The topological polar surface area (TPSA) is 83.9 Å². The van der Waals surface area contributed by atoms with Gasteiger partial charge in [0.2, 0.25) is 0 Å². The number of hydrogen-bond acceptors (Lipinski definition) is 4. The number of rotatable bonds is 6. The van der Waals surface area contributed by atoms with Crippen molar-refractivity contribution < 1.29 is 40.6 Å². The summed E-state index contributed by atoms with van der Waals surface area (Å²) in [5, 5.41) is 9.03. The molecule has 0 saturated carbocycles. The molecule has 1 aliphatic heterocycles. The van der Waals surface area contributed by atoms with Gasteiger partial charge in [0.25, 0.3) is 10.0 Å². The molecule has 1 aliphatic rings. The van der Waals surface area contributed by atoms with Crippen LogP contribution in [-0.4, -0.2) is 32.1 Å². The number of carboxylic acids is 1. The average molecular weight is 524 g/mol. The Morgan fingerprint density at radius 2 is 1.83 bits per heavy atom. The zero-order valence-corrected chi connectivity index (χ0v) is 19.7. The van der Waals surface area contributed by atoms with Crippen LogP contribution in [0.1, 0.15) is 24.0 Å². The Bertz CT molecular complexity index is 1420. The molecule has 0 bridgehead atoms. The zero-order valence-electron chi connectivity index (χ0n) is 18.9. The molecule has 3 aromatic rings. The lowest BCUT2D eigenvalue weighted by Gasteiger charge is -2.36. The van der Waals surface area contributed by atoms with E-state index in [1.165, 1.54) is 24.3 Å². The Kier molecular flexibility index (Phi) is 6.70. The highest BCUT2D eigenvalue weighted by atomic mass is 32.2. The van der Waals surface area contributed by atoms with Gasteiger partial charge in [0.15, 0.2) is 0 Å². The van der Waals surface area contributed by atoms with Gasteiger partial charge in [-0.15, -0.1) is 0 Å². The highest BCUT2D eigenvalue weighted by molar-refractivity contribution is 7.92. The molecule has 0 fully saturated rings. The smallest absolute Gasteiger partial charge is 0.416 e. The van der Waals surface area contributed by atoms with Gasteiger partial charge in [0, 0.05) is 12.0 Å². The van der Waals surface area contributed by atoms with Gasteiger partial charge in [0.1, 0.15) is 17.7 Å². The summed E-state index contributed by atoms with van der Waals surface area (Å²) in [5.74, 6) is -1.52. The van der Waals surface area contributed by atoms with Gasteiger partial charge in [-0.2, -0.15) is 13.2 Å². The first kappa shape index (κ1) is 25.5. The predicted octanol–water partition coefficient (Wildman–Crippen LogP) is 5.64. The van der Waals surface area contributed by atoms with Crippen molar-refractivity contribution in [3.05, 3.63) is 77.6 Å². The average Bonchev–Trinajstić information content (AvgIpc) is 2.83. The summed E-state index contributed by atoms with van der Waals surface area (Å²) < 4.78 is 88.5. The molecule has 4 rings (SSSR count). The highest BCUT2D eigenvalue weighted by Gasteiger charge is 2.37. The number of sulfonamides is 1. The van der Waals surface area contributed by atoms with Crippen molar-refractivity contribution in [2.24, 2.45) is 0 Å². The standard InChI is InChI=1S/C25H21F4NO5S/c1-15-4-2-7-20(24(15)26)16-8-10-22-21(12-16)30(14-18(35-22)9-11-23(31)32)36(33,34)19-6-3-5-17(13-19)25(27,28)29/h2-8,10,12-13,18H,9,11,14H2,1H3,(H,31,32)/t18-/m0/s1. The third-order valence-corrected chi connectivity index (χ3v) is 7.60. The number of aliphatic carboxylic acids is 1. The molecule has 6 nitrogen and oxygen atoms in total. The maximum absolute atomic E-state index is 14.8. The largest absolute Gasteiger partial charge is 0.486 e. The van der Waals surface area contributed by atoms with E-state index in [4.69, 9.17) is 9.84 Å². The van der Waals surface area contributed by atoms with Crippen LogP contribution < -0.4 is 9.04 Å². The van der Waals surface area contributed by atoms with Crippen molar-refractivity contribution >= 4 is 21.7 Å². The minimum atomic E-state index is -4.76. The van der Waals surface area contributed by atoms with E-state index in [2.05, 4.69) is 0 Å². The number of alkyl halides is 3. The molecule has 3 aromatic carbocycles. The van der Waals surface area contributed by atoms with Crippen LogP contribution in [0.4, 0.5) is 23.2 Å². The number of aryl methyl sites for hydroxylation is 1. The Morgan fingerprint density at radius 1 is 1.11 bits per heavy atom. The van der Waals surface area contributed by atoms with Gasteiger partial charge >= 0.3 is 12.1 Å². The van der Waals surface area contributed by atoms with Crippen LogP contribution in [-0.2, 0) is 21.0 Å². The van der Waals surface area contributed by atoms with E-state index in [-0.39, 0.29) is 36.4 Å². The van der Waals surface area contributed by atoms with Gasteiger partial charge in [-0.05, 0) is 54.8 Å². The Labute approximate surface area is 204 Å². The normalized spacial score (nSPS) is 15.8. The van der Waals surface area contributed by atoms with Gasteiger partial charge in [0.05, 0.1) is 22.7 Å². The fourth-order valence-electron chi connectivity index (χ4n) is 3.97. The molecule has 0 spiro atoms. The first-order valence-electron chi connectivity index (χ1n) is 10.9. The molecule has 0 aromatic heterocycles. The number of hydrogen-bond donors (Lipinski definition) is 1. The molecule has 190 valence electrons. The number of nitrogens with zero attached hydrogens (tertiary/aromatic N) is 1. The minimum absolute atomic E-state index is 0.0115. The van der Waals surface area contributed by atoms with Crippen LogP contribution in [0.3, 0.4) is 0 Å². The van der Waals surface area contributed by atoms with Crippen molar-refractivity contribution in [2.45, 2.75) is 36.9 Å². The lowest BCUT2D eigenvalue weighted by molar-refractivity contribution is -0.138. The molecule has 1 atom stereocenters. The molecule has 36 heavy (non-hydrogen) atoms. The summed E-state index contributed by atoms with van der Waals surface area (Å²) in [6, 6.07) is 12.5. The summed E-state index contributed by atoms with van der Waals surface area (Å²) in [4.78, 5) is 10.5. The number of carboxylic acid groups (broad SMARTS) is 1. The molecule has 0 radical (unpaired) electrons. The van der Waals surface area contributed by atoms with E-state index >= 15 is 0 Å². The Hall–Kier alpha value is -3.60. The van der Waals surface area contributed by atoms with Gasteiger partial charge in [-0.3, -0.25) is 9.10 Å². The second-order valence-corrected chi connectivity index (χ2v) is 10.2. The number of anilines is 1. The fraction of sp³-hybridized carbons (Fsp3) is 0.240. The van der Waals surface area contributed by atoms with E-state index in [1.807, 2.05) is 0 Å². The lowest BCUT2D eigenvalue weighted by Crippen LogP contribution is -2.43. The maximum Gasteiger partial charge on any atom is 0.416 e. The van der Waals surface area contributed by atoms with E-state index in [0.29, 0.717) is 17.2 Å². The predicted molar refractivity (Wildman–Crippen MR) is 124 cm³/mol. The first-order valence-corrected chi connectivity index (χ1v) is 12.3. The molecule has 0 unspecified atom stereocenters. The van der Waals surface area contributed by atoms with Crippen LogP contribution in [0.25, 0.3) is 11.1 Å². The molecule has 0 amide bonds. The third-order valence-electron chi connectivity index (χ3n) is 5.82. The summed E-state index contributed by atoms with van der Waals surface area (Å²) >= 11 is 0. The monoisotopic (exact) mass is 523 g/mol. The Balaban J connectivity index is 1.83. The lowest BCUT2D eigenvalue weighted by atomic mass is 10.0. The van der Waals surface area contributed by atoms with E-state index < -0.39 is 44.5 Å². The summed E-state index contributed by atoms with van der Waals surface area (Å²) in [5.41, 5.74) is -0.190. The van der Waals surface area contributed by atoms with Crippen LogP contribution in [0.5, 0.6) is 5.75 Å². The number of benzene rings is 3. The molecular formula is C25H21F4NO5S. The van der Waals surface area contributed by atoms with E-state index in [1.54, 1.807) is 19.1 Å². The summed E-state index contributed by atoms with van der Waals surface area (Å²) in [6.07, 6.45) is -5.95. The molecule has 0 aliphatic carbocycles. The second-order valence-electron chi connectivity index (χ2n) is 8.35. The number of carbonyl (C=O) groups is 1. The number of halogens is 4.